The lowest BCUT2D eigenvalue weighted by Gasteiger charge is -2.35. The van der Waals surface area contributed by atoms with Gasteiger partial charge < -0.3 is 15.4 Å². The van der Waals surface area contributed by atoms with Crippen molar-refractivity contribution in [3.8, 4) is 0 Å². The molecule has 0 saturated carbocycles. The summed E-state index contributed by atoms with van der Waals surface area (Å²) in [5.41, 5.74) is 1.22. The second-order valence-electron chi connectivity index (χ2n) is 6.13. The molecule has 1 atom stereocenters. The number of rotatable bonds is 5. The number of pyridine rings is 1. The third kappa shape index (κ3) is 4.70. The highest BCUT2D eigenvalue weighted by molar-refractivity contribution is 5.93. The number of nitrogens with zero attached hydrogens (tertiary/aromatic N) is 1. The third-order valence-corrected chi connectivity index (χ3v) is 3.60. The molecule has 0 spiro atoms. The Bertz CT molecular complexity index is 488. The van der Waals surface area contributed by atoms with Crippen LogP contribution in [-0.2, 0) is 4.74 Å². The topological polar surface area (TPSA) is 63.2 Å². The quantitative estimate of drug-likeness (QED) is 0.875. The Morgan fingerprint density at radius 1 is 1.52 bits per heavy atom. The van der Waals surface area contributed by atoms with Crippen molar-refractivity contribution in [2.24, 2.45) is 0 Å². The number of nitrogens with one attached hydrogen (secondary N) is 2. The van der Waals surface area contributed by atoms with Crippen molar-refractivity contribution in [2.75, 3.05) is 18.5 Å². The lowest BCUT2D eigenvalue weighted by molar-refractivity contribution is -0.0615. The molecule has 0 aliphatic carbocycles. The molecular formula is C16H25N3O2. The van der Waals surface area contributed by atoms with Crippen molar-refractivity contribution in [1.82, 2.24) is 10.3 Å². The highest BCUT2D eigenvalue weighted by atomic mass is 16.5. The minimum absolute atomic E-state index is 0.113. The van der Waals surface area contributed by atoms with Crippen LogP contribution in [0.3, 0.4) is 0 Å². The van der Waals surface area contributed by atoms with E-state index in [2.05, 4.69) is 36.4 Å². The van der Waals surface area contributed by atoms with Gasteiger partial charge in [0.1, 0.15) is 5.69 Å². The molecule has 1 saturated heterocycles. The molecule has 5 nitrogen and oxygen atoms in total. The van der Waals surface area contributed by atoms with Gasteiger partial charge in [-0.25, -0.2) is 0 Å². The van der Waals surface area contributed by atoms with E-state index in [4.69, 9.17) is 4.74 Å². The molecule has 1 aromatic rings. The Kier molecular flexibility index (Phi) is 5.17. The van der Waals surface area contributed by atoms with E-state index in [1.165, 1.54) is 0 Å². The maximum Gasteiger partial charge on any atom is 0.270 e. The maximum atomic E-state index is 12.3. The van der Waals surface area contributed by atoms with Crippen molar-refractivity contribution in [1.29, 1.82) is 0 Å². The summed E-state index contributed by atoms with van der Waals surface area (Å²) < 4.78 is 5.67. The molecule has 0 radical (unpaired) electrons. The van der Waals surface area contributed by atoms with Crippen LogP contribution in [0.15, 0.2) is 18.3 Å². The molecule has 1 aliphatic rings. The van der Waals surface area contributed by atoms with E-state index in [0.29, 0.717) is 12.3 Å². The summed E-state index contributed by atoms with van der Waals surface area (Å²) in [6.07, 6.45) is 4.39. The van der Waals surface area contributed by atoms with E-state index >= 15 is 0 Å². The molecule has 0 aromatic carbocycles. The highest BCUT2D eigenvalue weighted by Gasteiger charge is 2.29. The Balaban J connectivity index is 1.96. The average Bonchev–Trinajstić information content (AvgIpc) is 2.44. The first kappa shape index (κ1) is 15.8. The van der Waals surface area contributed by atoms with Crippen LogP contribution in [0.4, 0.5) is 5.69 Å². The van der Waals surface area contributed by atoms with Gasteiger partial charge in [0.05, 0.1) is 5.60 Å². The fourth-order valence-electron chi connectivity index (χ4n) is 2.55. The Hall–Kier alpha value is -1.62. The maximum absolute atomic E-state index is 12.3. The Morgan fingerprint density at radius 3 is 3.05 bits per heavy atom. The fourth-order valence-corrected chi connectivity index (χ4v) is 2.55. The molecule has 21 heavy (non-hydrogen) atoms. The van der Waals surface area contributed by atoms with E-state index in [1.54, 1.807) is 12.3 Å². The minimum Gasteiger partial charge on any atom is -0.385 e. The first-order valence-corrected chi connectivity index (χ1v) is 7.65. The molecule has 1 amide bonds. The van der Waals surface area contributed by atoms with Crippen molar-refractivity contribution >= 4 is 11.6 Å². The second-order valence-corrected chi connectivity index (χ2v) is 6.13. The van der Waals surface area contributed by atoms with Crippen LogP contribution in [0.1, 0.15) is 50.5 Å². The van der Waals surface area contributed by atoms with Gasteiger partial charge in [0.2, 0.25) is 0 Å². The van der Waals surface area contributed by atoms with Crippen molar-refractivity contribution in [2.45, 2.75) is 51.7 Å². The number of amides is 1. The van der Waals surface area contributed by atoms with E-state index in [1.807, 2.05) is 6.07 Å². The van der Waals surface area contributed by atoms with Crippen LogP contribution in [-0.4, -0.2) is 35.7 Å². The number of ether oxygens (including phenoxy) is 1. The summed E-state index contributed by atoms with van der Waals surface area (Å²) >= 11 is 0. The summed E-state index contributed by atoms with van der Waals surface area (Å²) in [5, 5.41) is 6.33. The van der Waals surface area contributed by atoms with Gasteiger partial charge in [0.15, 0.2) is 0 Å². The van der Waals surface area contributed by atoms with Crippen molar-refractivity contribution in [3.63, 3.8) is 0 Å². The zero-order valence-electron chi connectivity index (χ0n) is 13.1. The van der Waals surface area contributed by atoms with Gasteiger partial charge in [-0.15, -0.1) is 0 Å². The molecule has 1 unspecified atom stereocenters. The molecule has 5 heteroatoms. The van der Waals surface area contributed by atoms with Crippen LogP contribution in [0.25, 0.3) is 0 Å². The standard InChI is InChI=1S/C16H25N3O2/c1-4-7-17-12-5-8-18-14(10-12)15(20)19-13-6-9-21-16(2,3)11-13/h5,8,10,13H,4,6-7,9,11H2,1-3H3,(H,17,18)(H,19,20). The van der Waals surface area contributed by atoms with Crippen LogP contribution in [0.2, 0.25) is 0 Å². The molecular weight excluding hydrogens is 266 g/mol. The molecule has 2 heterocycles. The molecule has 1 fully saturated rings. The molecule has 0 bridgehead atoms. The van der Waals surface area contributed by atoms with Gasteiger partial charge in [-0.1, -0.05) is 6.92 Å². The zero-order chi connectivity index (χ0) is 15.3. The summed E-state index contributed by atoms with van der Waals surface area (Å²) in [6.45, 7) is 7.79. The lowest BCUT2D eigenvalue weighted by Crippen LogP contribution is -2.46. The molecule has 1 aliphatic heterocycles. The van der Waals surface area contributed by atoms with Crippen molar-refractivity contribution < 1.29 is 9.53 Å². The first-order chi connectivity index (χ1) is 10.00. The second kappa shape index (κ2) is 6.89. The van der Waals surface area contributed by atoms with Gasteiger partial charge in [0.25, 0.3) is 5.91 Å². The van der Waals surface area contributed by atoms with E-state index in [-0.39, 0.29) is 17.6 Å². The summed E-state index contributed by atoms with van der Waals surface area (Å²) in [7, 11) is 0. The van der Waals surface area contributed by atoms with Gasteiger partial charge in [-0.2, -0.15) is 0 Å². The number of hydrogen-bond acceptors (Lipinski definition) is 4. The third-order valence-electron chi connectivity index (χ3n) is 3.60. The lowest BCUT2D eigenvalue weighted by atomic mass is 9.94. The van der Waals surface area contributed by atoms with E-state index in [0.717, 1.165) is 31.5 Å². The predicted octanol–water partition coefficient (Wildman–Crippen LogP) is 2.59. The molecule has 116 valence electrons. The zero-order valence-corrected chi connectivity index (χ0v) is 13.1. The minimum atomic E-state index is -0.172. The number of hydrogen-bond donors (Lipinski definition) is 2. The molecule has 2 N–H and O–H groups in total. The first-order valence-electron chi connectivity index (χ1n) is 7.65. The Labute approximate surface area is 126 Å². The molecule has 2 rings (SSSR count). The van der Waals surface area contributed by atoms with Gasteiger partial charge in [-0.3, -0.25) is 9.78 Å². The van der Waals surface area contributed by atoms with Crippen molar-refractivity contribution in [3.05, 3.63) is 24.0 Å². The van der Waals surface area contributed by atoms with Gasteiger partial charge in [-0.05, 0) is 45.2 Å². The van der Waals surface area contributed by atoms with E-state index < -0.39 is 0 Å². The van der Waals surface area contributed by atoms with Crippen LogP contribution in [0, 0.1) is 0 Å². The predicted molar refractivity (Wildman–Crippen MR) is 83.5 cm³/mol. The average molecular weight is 291 g/mol. The van der Waals surface area contributed by atoms with Crippen LogP contribution >= 0.6 is 0 Å². The number of carbonyl (C=O) groups excluding carboxylic acids is 1. The number of anilines is 1. The number of carbonyl (C=O) groups is 1. The van der Waals surface area contributed by atoms with Crippen LogP contribution in [0.5, 0.6) is 0 Å². The van der Waals surface area contributed by atoms with Gasteiger partial charge in [0, 0.05) is 31.1 Å². The normalized spacial score (nSPS) is 20.8. The fraction of sp³-hybridized carbons (Fsp3) is 0.625. The van der Waals surface area contributed by atoms with Crippen LogP contribution < -0.4 is 10.6 Å². The highest BCUT2D eigenvalue weighted by Crippen LogP contribution is 2.24. The summed E-state index contributed by atoms with van der Waals surface area (Å²) in [5.74, 6) is -0.113. The van der Waals surface area contributed by atoms with E-state index in [9.17, 15) is 4.79 Å². The number of aromatic nitrogens is 1. The smallest absolute Gasteiger partial charge is 0.270 e. The monoisotopic (exact) mass is 291 g/mol. The summed E-state index contributed by atoms with van der Waals surface area (Å²) in [6, 6.07) is 3.83. The molecule has 1 aromatic heterocycles. The Morgan fingerprint density at radius 2 is 2.33 bits per heavy atom. The SMILES string of the molecule is CCCNc1ccnc(C(=O)NC2CCOC(C)(C)C2)c1. The summed E-state index contributed by atoms with van der Waals surface area (Å²) in [4.78, 5) is 16.5. The van der Waals surface area contributed by atoms with Gasteiger partial charge >= 0.3 is 0 Å². The largest absolute Gasteiger partial charge is 0.385 e.